The van der Waals surface area contributed by atoms with Crippen molar-refractivity contribution in [2.75, 3.05) is 7.05 Å². The van der Waals surface area contributed by atoms with Crippen LogP contribution in [0, 0.1) is 0 Å². The minimum atomic E-state index is 0. The molecule has 0 bridgehead atoms. The zero-order valence-corrected chi connectivity index (χ0v) is 16.8. The average Bonchev–Trinajstić information content (AvgIpc) is 3.22. The Kier molecular flexibility index (Phi) is 6.98. The van der Waals surface area contributed by atoms with E-state index in [0.29, 0.717) is 6.54 Å². The first-order valence-corrected chi connectivity index (χ1v) is 8.42. The number of rotatable bonds is 5. The molecule has 24 heavy (non-hydrogen) atoms. The van der Waals surface area contributed by atoms with Crippen molar-refractivity contribution in [3.8, 4) is 0 Å². The van der Waals surface area contributed by atoms with Gasteiger partial charge in [0.1, 0.15) is 0 Å². The first-order chi connectivity index (χ1) is 11.3. The van der Waals surface area contributed by atoms with Crippen LogP contribution in [-0.2, 0) is 19.5 Å². The number of nitrogens with zero attached hydrogens (tertiary/aromatic N) is 4. The summed E-state index contributed by atoms with van der Waals surface area (Å²) in [5, 5.41) is 14.9. The molecule has 0 fully saturated rings. The Bertz CT molecular complexity index is 810. The normalized spacial score (nSPS) is 11.3. The van der Waals surface area contributed by atoms with Gasteiger partial charge in [0.05, 0.1) is 13.1 Å². The van der Waals surface area contributed by atoms with Crippen LogP contribution in [0.4, 0.5) is 0 Å². The van der Waals surface area contributed by atoms with Gasteiger partial charge in [0.15, 0.2) is 17.4 Å². The summed E-state index contributed by atoms with van der Waals surface area (Å²) in [5.41, 5.74) is 0.845. The molecule has 6 nitrogen and oxygen atoms in total. The highest BCUT2D eigenvalue weighted by Gasteiger charge is 2.06. The Hall–Kier alpha value is -1.68. The van der Waals surface area contributed by atoms with E-state index in [9.17, 15) is 0 Å². The molecule has 0 aliphatic heterocycles. The molecule has 0 aliphatic rings. The van der Waals surface area contributed by atoms with Crippen LogP contribution < -0.4 is 10.6 Å². The number of aliphatic imine (C=N–C) groups is 1. The van der Waals surface area contributed by atoms with Crippen LogP contribution in [0.2, 0.25) is 0 Å². The molecular weight excluding hydrogens is 435 g/mol. The van der Waals surface area contributed by atoms with Crippen LogP contribution in [0.3, 0.4) is 0 Å². The molecule has 3 heterocycles. The average molecular weight is 456 g/mol. The maximum Gasteiger partial charge on any atom is 0.191 e. The Morgan fingerprint density at radius 2 is 1.92 bits per heavy atom. The SMILES string of the molecule is CCc1ccc(CNC(=NC)NCc2nnc3ccccn23)s1.I. The first kappa shape index (κ1) is 18.7. The molecule has 3 aromatic heterocycles. The third-order valence-corrected chi connectivity index (χ3v) is 4.75. The van der Waals surface area contributed by atoms with Crippen molar-refractivity contribution in [3.05, 3.63) is 52.1 Å². The maximum absolute atomic E-state index is 4.25. The van der Waals surface area contributed by atoms with E-state index < -0.39 is 0 Å². The van der Waals surface area contributed by atoms with Crippen LogP contribution in [0.25, 0.3) is 5.65 Å². The van der Waals surface area contributed by atoms with E-state index in [1.54, 1.807) is 7.05 Å². The summed E-state index contributed by atoms with van der Waals surface area (Å²) in [4.78, 5) is 6.96. The minimum Gasteiger partial charge on any atom is -0.352 e. The number of guanidine groups is 1. The summed E-state index contributed by atoms with van der Waals surface area (Å²) in [6, 6.07) is 10.2. The van der Waals surface area contributed by atoms with Gasteiger partial charge in [-0.15, -0.1) is 45.5 Å². The van der Waals surface area contributed by atoms with Gasteiger partial charge in [-0.2, -0.15) is 0 Å². The molecule has 128 valence electrons. The molecule has 0 spiro atoms. The largest absolute Gasteiger partial charge is 0.352 e. The van der Waals surface area contributed by atoms with E-state index in [2.05, 4.69) is 44.9 Å². The van der Waals surface area contributed by atoms with Crippen molar-refractivity contribution >= 4 is 46.9 Å². The van der Waals surface area contributed by atoms with Crippen LogP contribution >= 0.6 is 35.3 Å². The van der Waals surface area contributed by atoms with Gasteiger partial charge in [-0.3, -0.25) is 9.39 Å². The smallest absolute Gasteiger partial charge is 0.191 e. The minimum absolute atomic E-state index is 0. The molecule has 0 amide bonds. The van der Waals surface area contributed by atoms with Crippen LogP contribution in [0.5, 0.6) is 0 Å². The lowest BCUT2D eigenvalue weighted by atomic mass is 10.4. The third-order valence-electron chi connectivity index (χ3n) is 3.52. The summed E-state index contributed by atoms with van der Waals surface area (Å²) < 4.78 is 1.97. The second-order valence-corrected chi connectivity index (χ2v) is 6.30. The van der Waals surface area contributed by atoms with Gasteiger partial charge >= 0.3 is 0 Å². The molecule has 8 heteroatoms. The molecule has 0 saturated heterocycles. The van der Waals surface area contributed by atoms with Gasteiger partial charge in [0.2, 0.25) is 0 Å². The van der Waals surface area contributed by atoms with Gasteiger partial charge in [-0.25, -0.2) is 0 Å². The molecule has 2 N–H and O–H groups in total. The van der Waals surface area contributed by atoms with E-state index in [4.69, 9.17) is 0 Å². The van der Waals surface area contributed by atoms with Gasteiger partial charge in [-0.1, -0.05) is 13.0 Å². The Morgan fingerprint density at radius 1 is 1.12 bits per heavy atom. The zero-order valence-electron chi connectivity index (χ0n) is 13.7. The maximum atomic E-state index is 4.25. The van der Waals surface area contributed by atoms with Gasteiger partial charge in [0, 0.05) is 23.0 Å². The van der Waals surface area contributed by atoms with Crippen molar-refractivity contribution in [2.45, 2.75) is 26.4 Å². The fourth-order valence-electron chi connectivity index (χ4n) is 2.27. The molecule has 0 radical (unpaired) electrons. The highest BCUT2D eigenvalue weighted by Crippen LogP contribution is 2.16. The van der Waals surface area contributed by atoms with Crippen molar-refractivity contribution in [2.24, 2.45) is 4.99 Å². The van der Waals surface area contributed by atoms with Crippen molar-refractivity contribution in [1.82, 2.24) is 25.2 Å². The Morgan fingerprint density at radius 3 is 2.67 bits per heavy atom. The van der Waals surface area contributed by atoms with Crippen molar-refractivity contribution in [3.63, 3.8) is 0 Å². The molecule has 0 aromatic carbocycles. The Balaban J connectivity index is 0.00000208. The number of aromatic nitrogens is 3. The highest BCUT2D eigenvalue weighted by molar-refractivity contribution is 14.0. The quantitative estimate of drug-likeness (QED) is 0.352. The molecule has 3 aromatic rings. The monoisotopic (exact) mass is 456 g/mol. The standard InChI is InChI=1S/C16H20N6S.HI/c1-3-12-7-8-13(23-12)10-18-16(17-2)19-11-15-21-20-14-6-4-5-9-22(14)15;/h4-9H,3,10-11H2,1-2H3,(H2,17,18,19);1H. The van der Waals surface area contributed by atoms with E-state index >= 15 is 0 Å². The fraction of sp³-hybridized carbons (Fsp3) is 0.312. The third kappa shape index (κ3) is 4.44. The van der Waals surface area contributed by atoms with E-state index in [-0.39, 0.29) is 24.0 Å². The van der Waals surface area contributed by atoms with Crippen LogP contribution in [0.1, 0.15) is 22.5 Å². The lowest BCUT2D eigenvalue weighted by molar-refractivity contribution is 0.765. The lowest BCUT2D eigenvalue weighted by Gasteiger charge is -2.10. The number of halogens is 1. The second-order valence-electron chi connectivity index (χ2n) is 5.05. The predicted octanol–water partition coefficient (Wildman–Crippen LogP) is 2.84. The first-order valence-electron chi connectivity index (χ1n) is 7.61. The number of aryl methyl sites for hydroxylation is 1. The molecule has 0 atom stereocenters. The number of hydrogen-bond donors (Lipinski definition) is 2. The predicted molar refractivity (Wildman–Crippen MR) is 109 cm³/mol. The lowest BCUT2D eigenvalue weighted by Crippen LogP contribution is -2.36. The second kappa shape index (κ2) is 8.97. The van der Waals surface area contributed by atoms with Crippen molar-refractivity contribution < 1.29 is 0 Å². The molecule has 3 rings (SSSR count). The summed E-state index contributed by atoms with van der Waals surface area (Å²) >= 11 is 1.83. The topological polar surface area (TPSA) is 66.6 Å². The molecule has 0 unspecified atom stereocenters. The summed E-state index contributed by atoms with van der Waals surface area (Å²) in [6.07, 6.45) is 3.04. The Labute approximate surface area is 162 Å². The van der Waals surface area contributed by atoms with Crippen LogP contribution in [-0.4, -0.2) is 27.6 Å². The number of thiophene rings is 1. The van der Waals surface area contributed by atoms with Gasteiger partial charge < -0.3 is 10.6 Å². The zero-order chi connectivity index (χ0) is 16.1. The molecular formula is C16H21IN6S. The number of nitrogens with one attached hydrogen (secondary N) is 2. The summed E-state index contributed by atoms with van der Waals surface area (Å²) in [5.74, 6) is 1.61. The van der Waals surface area contributed by atoms with E-state index in [1.165, 1.54) is 9.75 Å². The molecule has 0 aliphatic carbocycles. The number of hydrogen-bond acceptors (Lipinski definition) is 4. The van der Waals surface area contributed by atoms with Gasteiger partial charge in [0.25, 0.3) is 0 Å². The van der Waals surface area contributed by atoms with E-state index in [0.717, 1.165) is 30.4 Å². The fourth-order valence-corrected chi connectivity index (χ4v) is 3.17. The number of fused-ring (bicyclic) bond motifs is 1. The van der Waals surface area contributed by atoms with Crippen LogP contribution in [0.15, 0.2) is 41.5 Å². The summed E-state index contributed by atoms with van der Waals surface area (Å²) in [6.45, 7) is 3.51. The van der Waals surface area contributed by atoms with Gasteiger partial charge in [-0.05, 0) is 30.7 Å². The van der Waals surface area contributed by atoms with Crippen molar-refractivity contribution in [1.29, 1.82) is 0 Å². The van der Waals surface area contributed by atoms with E-state index in [1.807, 2.05) is 40.1 Å². The summed E-state index contributed by atoms with van der Waals surface area (Å²) in [7, 11) is 1.77. The number of pyridine rings is 1. The molecule has 0 saturated carbocycles. The highest BCUT2D eigenvalue weighted by atomic mass is 127.